The number of ether oxygens (including phenoxy) is 1. The first-order valence-electron chi connectivity index (χ1n) is 16.5. The molecule has 2 unspecified atom stereocenters. The van der Waals surface area contributed by atoms with Crippen molar-refractivity contribution in [3.05, 3.63) is 0 Å². The standard InChI is InChI=1S/C33H64O5/c1-3-5-7-9-11-13-15-16-17-19-21-23-25-27-32(36)31(33(37)38-29-30(35)28-34)26-24-22-20-18-14-12-10-8-6-4-2/h30-31,34-35H,3-29H2,1-2H3. The summed E-state index contributed by atoms with van der Waals surface area (Å²) in [6.45, 7) is 3.79. The maximum absolute atomic E-state index is 12.9. The molecule has 0 fully saturated rings. The Bertz CT molecular complexity index is 522. The molecule has 0 aliphatic heterocycles. The lowest BCUT2D eigenvalue weighted by Gasteiger charge is -2.16. The predicted molar refractivity (Wildman–Crippen MR) is 159 cm³/mol. The van der Waals surface area contributed by atoms with Crippen molar-refractivity contribution in [1.29, 1.82) is 0 Å². The van der Waals surface area contributed by atoms with Crippen molar-refractivity contribution in [3.63, 3.8) is 0 Å². The lowest BCUT2D eigenvalue weighted by Crippen LogP contribution is -2.30. The predicted octanol–water partition coefficient (Wildman–Crippen LogP) is 8.86. The second kappa shape index (κ2) is 29.1. The second-order valence-corrected chi connectivity index (χ2v) is 11.4. The molecule has 0 aromatic rings. The summed E-state index contributed by atoms with van der Waals surface area (Å²) in [6.07, 6.45) is 28.4. The summed E-state index contributed by atoms with van der Waals surface area (Å²) < 4.78 is 5.17. The molecular formula is C33H64O5. The van der Waals surface area contributed by atoms with Crippen molar-refractivity contribution in [2.75, 3.05) is 13.2 Å². The molecule has 0 aromatic heterocycles. The highest BCUT2D eigenvalue weighted by Gasteiger charge is 2.27. The van der Waals surface area contributed by atoms with Gasteiger partial charge in [0.1, 0.15) is 24.4 Å². The monoisotopic (exact) mass is 540 g/mol. The quantitative estimate of drug-likeness (QED) is 0.0540. The SMILES string of the molecule is CCCCCCCCCCCCCCCC(=O)C(CCCCCCCCCCCC)C(=O)OCC(O)CO. The van der Waals surface area contributed by atoms with E-state index in [1.807, 2.05) is 0 Å². The molecule has 2 N–H and O–H groups in total. The Balaban J connectivity index is 4.09. The number of ketones is 1. The number of carbonyl (C=O) groups excluding carboxylic acids is 2. The summed E-state index contributed by atoms with van der Waals surface area (Å²) in [5.41, 5.74) is 0. The highest BCUT2D eigenvalue weighted by atomic mass is 16.5. The van der Waals surface area contributed by atoms with E-state index in [1.54, 1.807) is 0 Å². The van der Waals surface area contributed by atoms with Gasteiger partial charge in [-0.1, -0.05) is 155 Å². The van der Waals surface area contributed by atoms with Gasteiger partial charge < -0.3 is 14.9 Å². The van der Waals surface area contributed by atoms with Gasteiger partial charge in [0, 0.05) is 6.42 Å². The van der Waals surface area contributed by atoms with Crippen LogP contribution in [-0.2, 0) is 14.3 Å². The number of esters is 1. The topological polar surface area (TPSA) is 83.8 Å². The Kier molecular flexibility index (Phi) is 28.3. The van der Waals surface area contributed by atoms with Crippen molar-refractivity contribution in [1.82, 2.24) is 0 Å². The lowest BCUT2D eigenvalue weighted by molar-refractivity contribution is -0.155. The zero-order valence-corrected chi connectivity index (χ0v) is 25.4. The number of hydrogen-bond donors (Lipinski definition) is 2. The molecule has 226 valence electrons. The van der Waals surface area contributed by atoms with Crippen LogP contribution in [0.4, 0.5) is 0 Å². The minimum Gasteiger partial charge on any atom is -0.462 e. The van der Waals surface area contributed by atoms with Crippen molar-refractivity contribution in [2.45, 2.75) is 180 Å². The van der Waals surface area contributed by atoms with E-state index in [2.05, 4.69) is 13.8 Å². The van der Waals surface area contributed by atoms with E-state index in [0.29, 0.717) is 12.8 Å². The summed E-state index contributed by atoms with van der Waals surface area (Å²) in [7, 11) is 0. The van der Waals surface area contributed by atoms with Crippen LogP contribution >= 0.6 is 0 Å². The molecule has 0 saturated heterocycles. The van der Waals surface area contributed by atoms with E-state index in [-0.39, 0.29) is 12.4 Å². The molecule has 0 rings (SSSR count). The van der Waals surface area contributed by atoms with Gasteiger partial charge in [-0.2, -0.15) is 0 Å². The second-order valence-electron chi connectivity index (χ2n) is 11.4. The Hall–Kier alpha value is -0.940. The average Bonchev–Trinajstić information content (AvgIpc) is 2.92. The van der Waals surface area contributed by atoms with Gasteiger partial charge in [0.2, 0.25) is 0 Å². The van der Waals surface area contributed by atoms with E-state index < -0.39 is 24.6 Å². The summed E-state index contributed by atoms with van der Waals surface area (Å²) in [5.74, 6) is -1.28. The number of rotatable bonds is 30. The highest BCUT2D eigenvalue weighted by Crippen LogP contribution is 2.19. The number of hydrogen-bond acceptors (Lipinski definition) is 5. The van der Waals surface area contributed by atoms with Crippen LogP contribution in [0.3, 0.4) is 0 Å². The fraction of sp³-hybridized carbons (Fsp3) is 0.939. The fourth-order valence-corrected chi connectivity index (χ4v) is 5.07. The van der Waals surface area contributed by atoms with Crippen LogP contribution < -0.4 is 0 Å². The Labute approximate surface area is 235 Å². The van der Waals surface area contributed by atoms with E-state index >= 15 is 0 Å². The summed E-state index contributed by atoms with van der Waals surface area (Å²) in [5, 5.41) is 18.5. The number of carbonyl (C=O) groups is 2. The number of aliphatic hydroxyl groups excluding tert-OH is 2. The summed E-state index contributed by atoms with van der Waals surface area (Å²) >= 11 is 0. The normalized spacial score (nSPS) is 12.9. The highest BCUT2D eigenvalue weighted by molar-refractivity contribution is 5.98. The molecule has 0 aliphatic carbocycles. The van der Waals surface area contributed by atoms with Crippen molar-refractivity contribution < 1.29 is 24.5 Å². The van der Waals surface area contributed by atoms with Crippen LogP contribution in [0.2, 0.25) is 0 Å². The Morgan fingerprint density at radius 2 is 0.947 bits per heavy atom. The van der Waals surface area contributed by atoms with E-state index in [1.165, 1.54) is 109 Å². The zero-order valence-electron chi connectivity index (χ0n) is 25.4. The van der Waals surface area contributed by atoms with Crippen molar-refractivity contribution in [3.8, 4) is 0 Å². The molecule has 0 radical (unpaired) electrons. The maximum Gasteiger partial charge on any atom is 0.316 e. The smallest absolute Gasteiger partial charge is 0.316 e. The van der Waals surface area contributed by atoms with Gasteiger partial charge in [0.15, 0.2) is 0 Å². The molecule has 0 bridgehead atoms. The van der Waals surface area contributed by atoms with Crippen LogP contribution in [0.15, 0.2) is 0 Å². The summed E-state index contributed by atoms with van der Waals surface area (Å²) in [6, 6.07) is 0. The molecule has 0 aromatic carbocycles. The number of Topliss-reactive ketones (excluding diaryl/α,β-unsaturated/α-hetero) is 1. The summed E-state index contributed by atoms with van der Waals surface area (Å²) in [4.78, 5) is 25.5. The molecule has 5 nitrogen and oxygen atoms in total. The molecule has 0 heterocycles. The first-order chi connectivity index (χ1) is 18.6. The third-order valence-corrected chi connectivity index (χ3v) is 7.67. The minimum atomic E-state index is -1.09. The lowest BCUT2D eigenvalue weighted by atomic mass is 9.92. The molecule has 2 atom stereocenters. The first-order valence-corrected chi connectivity index (χ1v) is 16.5. The Morgan fingerprint density at radius 3 is 1.34 bits per heavy atom. The van der Waals surface area contributed by atoms with E-state index in [0.717, 1.165) is 38.5 Å². The average molecular weight is 541 g/mol. The van der Waals surface area contributed by atoms with Crippen LogP contribution in [0.5, 0.6) is 0 Å². The third-order valence-electron chi connectivity index (χ3n) is 7.67. The molecule has 5 heteroatoms. The minimum absolute atomic E-state index is 0.0208. The number of aliphatic hydroxyl groups is 2. The van der Waals surface area contributed by atoms with Gasteiger partial charge in [-0.15, -0.1) is 0 Å². The molecular weight excluding hydrogens is 476 g/mol. The van der Waals surface area contributed by atoms with Crippen LogP contribution in [0.25, 0.3) is 0 Å². The largest absolute Gasteiger partial charge is 0.462 e. The van der Waals surface area contributed by atoms with Gasteiger partial charge in [0.25, 0.3) is 0 Å². The zero-order chi connectivity index (χ0) is 28.1. The fourth-order valence-electron chi connectivity index (χ4n) is 5.07. The van der Waals surface area contributed by atoms with Gasteiger partial charge >= 0.3 is 5.97 Å². The van der Waals surface area contributed by atoms with Crippen LogP contribution in [0, 0.1) is 5.92 Å². The maximum atomic E-state index is 12.9. The van der Waals surface area contributed by atoms with Gasteiger partial charge in [0.05, 0.1) is 6.61 Å². The molecule has 38 heavy (non-hydrogen) atoms. The van der Waals surface area contributed by atoms with Crippen LogP contribution in [-0.4, -0.2) is 41.3 Å². The molecule has 0 aliphatic rings. The van der Waals surface area contributed by atoms with Gasteiger partial charge in [-0.05, 0) is 12.8 Å². The molecule has 0 amide bonds. The molecule has 0 spiro atoms. The molecule has 0 saturated carbocycles. The first kappa shape index (κ1) is 37.1. The van der Waals surface area contributed by atoms with Crippen LogP contribution in [0.1, 0.15) is 174 Å². The van der Waals surface area contributed by atoms with Crippen molar-refractivity contribution in [2.24, 2.45) is 5.92 Å². The van der Waals surface area contributed by atoms with Gasteiger partial charge in [-0.3, -0.25) is 9.59 Å². The Morgan fingerprint density at radius 1 is 0.579 bits per heavy atom. The van der Waals surface area contributed by atoms with E-state index in [9.17, 15) is 14.7 Å². The third kappa shape index (κ3) is 24.1. The van der Waals surface area contributed by atoms with Crippen molar-refractivity contribution >= 4 is 11.8 Å². The van der Waals surface area contributed by atoms with E-state index in [4.69, 9.17) is 9.84 Å². The number of unbranched alkanes of at least 4 members (excludes halogenated alkanes) is 21. The van der Waals surface area contributed by atoms with Gasteiger partial charge in [-0.25, -0.2) is 0 Å².